The molecule has 1 unspecified atom stereocenters. The molecule has 11 heteroatoms. The van der Waals surface area contributed by atoms with Crippen LogP contribution in [-0.4, -0.2) is 73.7 Å². The van der Waals surface area contributed by atoms with Gasteiger partial charge >= 0.3 is 0 Å². The molecule has 4 rings (SSSR count). The van der Waals surface area contributed by atoms with Gasteiger partial charge in [-0.15, -0.1) is 0 Å². The zero-order valence-corrected chi connectivity index (χ0v) is 16.7. The number of amides is 2. The highest BCUT2D eigenvalue weighted by Crippen LogP contribution is 2.37. The van der Waals surface area contributed by atoms with Crippen LogP contribution in [0.4, 0.5) is 5.82 Å². The van der Waals surface area contributed by atoms with Crippen LogP contribution >= 0.6 is 0 Å². The van der Waals surface area contributed by atoms with Crippen LogP contribution in [-0.2, 0) is 19.2 Å². The number of aromatic nitrogens is 2. The Morgan fingerprint density at radius 3 is 2.70 bits per heavy atom. The first-order chi connectivity index (χ1) is 14.6. The van der Waals surface area contributed by atoms with E-state index in [2.05, 4.69) is 9.98 Å². The zero-order valence-electron chi connectivity index (χ0n) is 16.7. The minimum atomic E-state index is -0.884. The number of imidazole rings is 1. The summed E-state index contributed by atoms with van der Waals surface area (Å²) in [6, 6.07) is 0. The van der Waals surface area contributed by atoms with Gasteiger partial charge in [-0.2, -0.15) is 5.06 Å². The monoisotopic (exact) mass is 421 g/mol. The minimum Gasteiger partial charge on any atom is -0.394 e. The second kappa shape index (κ2) is 9.21. The number of fused-ring (bicyclic) bond motifs is 1. The number of carbonyl (C=O) groups excluding carboxylic acids is 2. The third kappa shape index (κ3) is 4.24. The van der Waals surface area contributed by atoms with Crippen LogP contribution in [0.1, 0.15) is 63.1 Å². The van der Waals surface area contributed by atoms with Gasteiger partial charge in [-0.25, -0.2) is 9.98 Å². The number of unbranched alkanes of at least 4 members (excludes halogenated alkanes) is 2. The zero-order chi connectivity index (χ0) is 21.1. The second-order valence-corrected chi connectivity index (χ2v) is 7.67. The second-order valence-electron chi connectivity index (χ2n) is 7.67. The van der Waals surface area contributed by atoms with Gasteiger partial charge in [0.2, 0.25) is 0 Å². The maximum absolute atomic E-state index is 11.5. The Balaban J connectivity index is 1.22. The lowest BCUT2D eigenvalue weighted by Gasteiger charge is -2.28. The third-order valence-corrected chi connectivity index (χ3v) is 5.57. The summed E-state index contributed by atoms with van der Waals surface area (Å²) in [4.78, 5) is 38.7. The molecular weight excluding hydrogens is 394 g/mol. The van der Waals surface area contributed by atoms with Gasteiger partial charge in [0.05, 0.1) is 32.0 Å². The lowest BCUT2D eigenvalue weighted by molar-refractivity contribution is -0.187. The number of aliphatic imine (C=N–C) groups is 1. The molecule has 2 fully saturated rings. The van der Waals surface area contributed by atoms with E-state index in [0.717, 1.165) is 30.7 Å². The van der Waals surface area contributed by atoms with Crippen molar-refractivity contribution in [2.24, 2.45) is 4.99 Å². The van der Waals surface area contributed by atoms with Crippen LogP contribution < -0.4 is 0 Å². The van der Waals surface area contributed by atoms with E-state index in [1.165, 1.54) is 0 Å². The summed E-state index contributed by atoms with van der Waals surface area (Å²) in [5.74, 6) is 0.0197. The Bertz CT molecular complexity index is 795. The van der Waals surface area contributed by atoms with Crippen LogP contribution in [0.3, 0.4) is 0 Å². The Morgan fingerprint density at radius 2 is 1.97 bits per heavy atom. The van der Waals surface area contributed by atoms with Crippen molar-refractivity contribution in [1.82, 2.24) is 19.5 Å². The van der Waals surface area contributed by atoms with Crippen molar-refractivity contribution in [3.05, 3.63) is 12.0 Å². The number of hydroxylamine groups is 2. The fraction of sp³-hybridized carbons (Fsp3) is 0.684. The molecular formula is C19H27N5O6. The molecule has 11 nitrogen and oxygen atoms in total. The largest absolute Gasteiger partial charge is 0.394 e. The van der Waals surface area contributed by atoms with E-state index < -0.39 is 6.23 Å². The topological polar surface area (TPSA) is 130 Å². The quantitative estimate of drug-likeness (QED) is 0.442. The summed E-state index contributed by atoms with van der Waals surface area (Å²) >= 11 is 0. The van der Waals surface area contributed by atoms with Gasteiger partial charge in [0.15, 0.2) is 12.0 Å². The van der Waals surface area contributed by atoms with Crippen molar-refractivity contribution < 1.29 is 29.4 Å². The normalized spacial score (nSPS) is 26.1. The first kappa shape index (κ1) is 20.9. The maximum Gasteiger partial charge on any atom is 0.253 e. The predicted molar refractivity (Wildman–Crippen MR) is 103 cm³/mol. The summed E-state index contributed by atoms with van der Waals surface area (Å²) in [5.41, 5.74) is 0.489. The van der Waals surface area contributed by atoms with E-state index >= 15 is 0 Å². The summed E-state index contributed by atoms with van der Waals surface area (Å²) in [6.45, 7) is 0.882. The van der Waals surface area contributed by atoms with Crippen LogP contribution in [0.25, 0.3) is 0 Å². The van der Waals surface area contributed by atoms with Crippen LogP contribution in [0.5, 0.6) is 0 Å². The van der Waals surface area contributed by atoms with E-state index in [-0.39, 0.29) is 43.6 Å². The van der Waals surface area contributed by atoms with Crippen LogP contribution in [0, 0.1) is 0 Å². The average Bonchev–Trinajstić information content (AvgIpc) is 3.46. The molecule has 1 aromatic heterocycles. The molecule has 0 radical (unpaired) electrons. The van der Waals surface area contributed by atoms with E-state index in [4.69, 9.17) is 9.57 Å². The van der Waals surface area contributed by atoms with Gasteiger partial charge in [-0.05, 0) is 32.1 Å². The predicted octanol–water partition coefficient (Wildman–Crippen LogP) is 0.770. The number of aliphatic hydroxyl groups is 2. The van der Waals surface area contributed by atoms with Gasteiger partial charge < -0.3 is 19.8 Å². The molecule has 2 saturated heterocycles. The van der Waals surface area contributed by atoms with Gasteiger partial charge in [0, 0.05) is 19.4 Å². The first-order valence-corrected chi connectivity index (χ1v) is 10.4. The Kier molecular flexibility index (Phi) is 6.42. The molecule has 3 atom stereocenters. The van der Waals surface area contributed by atoms with E-state index in [1.54, 1.807) is 22.1 Å². The number of hydrogen-bond acceptors (Lipinski definition) is 9. The number of ether oxygens (including phenoxy) is 1. The summed E-state index contributed by atoms with van der Waals surface area (Å²) < 4.78 is 7.59. The molecule has 3 aliphatic rings. The smallest absolute Gasteiger partial charge is 0.253 e. The number of aliphatic hydroxyl groups excluding tert-OH is 2. The highest BCUT2D eigenvalue weighted by Gasteiger charge is 2.32. The van der Waals surface area contributed by atoms with Gasteiger partial charge in [0.25, 0.3) is 11.8 Å². The van der Waals surface area contributed by atoms with Gasteiger partial charge in [0.1, 0.15) is 11.9 Å². The van der Waals surface area contributed by atoms with E-state index in [0.29, 0.717) is 31.1 Å². The lowest BCUT2D eigenvalue weighted by atomic mass is 10.2. The lowest BCUT2D eigenvalue weighted by Crippen LogP contribution is -2.31. The Hall–Kier alpha value is -2.34. The molecule has 0 bridgehead atoms. The van der Waals surface area contributed by atoms with E-state index in [1.807, 2.05) is 0 Å². The molecule has 164 valence electrons. The third-order valence-electron chi connectivity index (χ3n) is 5.57. The molecule has 30 heavy (non-hydrogen) atoms. The van der Waals surface area contributed by atoms with Crippen molar-refractivity contribution >= 4 is 24.0 Å². The van der Waals surface area contributed by atoms with Crippen molar-refractivity contribution in [1.29, 1.82) is 0 Å². The first-order valence-electron chi connectivity index (χ1n) is 10.4. The molecule has 0 aliphatic carbocycles. The fourth-order valence-electron chi connectivity index (χ4n) is 3.88. The molecule has 0 spiro atoms. The van der Waals surface area contributed by atoms with Crippen molar-refractivity contribution in [2.75, 3.05) is 19.8 Å². The molecule has 4 heterocycles. The standard InChI is InChI=1S/C19H27N5O6/c25-10-13-4-7-16(30-13)23-12-20-17-18(23)21-11-22(19(17)28)8-2-1-3-9-29-24-14(26)5-6-15(24)27/h11-13,16,19,25,28H,1-10H2/t13-,16+,19?/m0/s1. The van der Waals surface area contributed by atoms with Crippen molar-refractivity contribution in [3.8, 4) is 0 Å². The van der Waals surface area contributed by atoms with Gasteiger partial charge in [-0.1, -0.05) is 0 Å². The maximum atomic E-state index is 11.5. The highest BCUT2D eigenvalue weighted by molar-refractivity contribution is 6.00. The molecule has 0 saturated carbocycles. The average molecular weight is 421 g/mol. The summed E-state index contributed by atoms with van der Waals surface area (Å²) in [5, 5.41) is 20.8. The number of nitrogens with zero attached hydrogens (tertiary/aromatic N) is 5. The molecule has 2 N–H and O–H groups in total. The van der Waals surface area contributed by atoms with Crippen LogP contribution in [0.15, 0.2) is 11.3 Å². The molecule has 1 aromatic rings. The molecule has 3 aliphatic heterocycles. The number of rotatable bonds is 9. The number of hydrogen-bond donors (Lipinski definition) is 2. The number of carbonyl (C=O) groups is 2. The SMILES string of the molecule is O=C1CCC(=O)N1OCCCCCN1C=Nc2c(ncn2[C@H]2CC[C@@H](CO)O2)C1O. The summed E-state index contributed by atoms with van der Waals surface area (Å²) in [7, 11) is 0. The minimum absolute atomic E-state index is 0.0112. The number of imide groups is 1. The highest BCUT2D eigenvalue weighted by atomic mass is 16.7. The fourth-order valence-corrected chi connectivity index (χ4v) is 3.88. The molecule has 0 aromatic carbocycles. The Morgan fingerprint density at radius 1 is 1.17 bits per heavy atom. The van der Waals surface area contributed by atoms with E-state index in [9.17, 15) is 19.8 Å². The van der Waals surface area contributed by atoms with Gasteiger partial charge in [-0.3, -0.25) is 19.0 Å². The summed E-state index contributed by atoms with van der Waals surface area (Å²) in [6.07, 6.45) is 6.22. The van der Waals surface area contributed by atoms with Crippen molar-refractivity contribution in [3.63, 3.8) is 0 Å². The Labute approximate surface area is 173 Å². The van der Waals surface area contributed by atoms with Crippen molar-refractivity contribution in [2.45, 2.75) is 63.5 Å². The molecule has 2 amide bonds. The van der Waals surface area contributed by atoms with Crippen LogP contribution in [0.2, 0.25) is 0 Å².